The molecule has 7 heteroatoms. The fraction of sp³-hybridized carbons (Fsp3) is 0.200. The largest absolute Gasteiger partial charge is 0.346 e. The van der Waals surface area contributed by atoms with Crippen molar-refractivity contribution in [3.8, 4) is 0 Å². The van der Waals surface area contributed by atoms with Crippen molar-refractivity contribution in [2.24, 2.45) is 0 Å². The number of sulfonamides is 1. The molecule has 1 amide bonds. The van der Waals surface area contributed by atoms with Crippen molar-refractivity contribution in [2.75, 3.05) is 0 Å². The van der Waals surface area contributed by atoms with Gasteiger partial charge in [0.2, 0.25) is 10.0 Å². The SMILES string of the molecule is CC(=O)c1ccc(S(=O)(=O)NCc2ccc(C(=O)NC(C)c3ccccc3C)cc2)cc1. The van der Waals surface area contributed by atoms with Gasteiger partial charge < -0.3 is 5.32 Å². The minimum Gasteiger partial charge on any atom is -0.346 e. The van der Waals surface area contributed by atoms with Gasteiger partial charge in [0.15, 0.2) is 5.78 Å². The molecule has 0 radical (unpaired) electrons. The van der Waals surface area contributed by atoms with Gasteiger partial charge in [-0.05, 0) is 61.7 Å². The number of aryl methyl sites for hydroxylation is 1. The van der Waals surface area contributed by atoms with Crippen LogP contribution >= 0.6 is 0 Å². The maximum Gasteiger partial charge on any atom is 0.251 e. The monoisotopic (exact) mass is 450 g/mol. The Hall–Kier alpha value is -3.29. The summed E-state index contributed by atoms with van der Waals surface area (Å²) in [6, 6.07) is 20.3. The van der Waals surface area contributed by atoms with Crippen molar-refractivity contribution in [2.45, 2.75) is 38.3 Å². The van der Waals surface area contributed by atoms with Gasteiger partial charge in [-0.3, -0.25) is 9.59 Å². The van der Waals surface area contributed by atoms with Gasteiger partial charge in [-0.2, -0.15) is 0 Å². The molecule has 0 saturated heterocycles. The Morgan fingerprint density at radius 1 is 0.875 bits per heavy atom. The summed E-state index contributed by atoms with van der Waals surface area (Å²) in [5.41, 5.74) is 3.84. The van der Waals surface area contributed by atoms with Gasteiger partial charge in [0.1, 0.15) is 0 Å². The van der Waals surface area contributed by atoms with Crippen molar-refractivity contribution >= 4 is 21.7 Å². The highest BCUT2D eigenvalue weighted by molar-refractivity contribution is 7.89. The second kappa shape index (κ2) is 9.89. The zero-order valence-electron chi connectivity index (χ0n) is 18.3. The van der Waals surface area contributed by atoms with Crippen LogP contribution in [-0.4, -0.2) is 20.1 Å². The summed E-state index contributed by atoms with van der Waals surface area (Å²) in [6.07, 6.45) is 0. The lowest BCUT2D eigenvalue weighted by molar-refractivity contribution is 0.0939. The number of nitrogens with one attached hydrogen (secondary N) is 2. The Morgan fingerprint density at radius 3 is 2.06 bits per heavy atom. The summed E-state index contributed by atoms with van der Waals surface area (Å²) in [5, 5.41) is 2.99. The fourth-order valence-corrected chi connectivity index (χ4v) is 4.35. The molecule has 2 N–H and O–H groups in total. The number of hydrogen-bond acceptors (Lipinski definition) is 4. The Balaban J connectivity index is 1.61. The molecular weight excluding hydrogens is 424 g/mol. The lowest BCUT2D eigenvalue weighted by atomic mass is 10.0. The van der Waals surface area contributed by atoms with E-state index < -0.39 is 10.0 Å². The van der Waals surface area contributed by atoms with Crippen molar-refractivity contribution in [3.05, 3.63) is 101 Å². The summed E-state index contributed by atoms with van der Waals surface area (Å²) in [7, 11) is -3.72. The zero-order valence-corrected chi connectivity index (χ0v) is 19.1. The van der Waals surface area contributed by atoms with Gasteiger partial charge in [-0.1, -0.05) is 48.5 Å². The molecule has 0 spiro atoms. The third kappa shape index (κ3) is 5.69. The first kappa shape index (κ1) is 23.4. The molecule has 3 rings (SSSR count). The van der Waals surface area contributed by atoms with Gasteiger partial charge in [-0.15, -0.1) is 0 Å². The Labute approximate surface area is 188 Å². The van der Waals surface area contributed by atoms with E-state index in [0.29, 0.717) is 11.1 Å². The molecule has 3 aromatic carbocycles. The maximum atomic E-state index is 12.6. The molecule has 0 aliphatic rings. The highest BCUT2D eigenvalue weighted by Gasteiger charge is 2.15. The van der Waals surface area contributed by atoms with Crippen LogP contribution in [0.4, 0.5) is 0 Å². The molecule has 166 valence electrons. The molecular formula is C25H26N2O4S. The first-order valence-corrected chi connectivity index (χ1v) is 11.7. The number of carbonyl (C=O) groups is 2. The topological polar surface area (TPSA) is 92.3 Å². The van der Waals surface area contributed by atoms with Gasteiger partial charge in [0.25, 0.3) is 5.91 Å². The van der Waals surface area contributed by atoms with Crippen molar-refractivity contribution in [1.29, 1.82) is 0 Å². The first-order chi connectivity index (χ1) is 15.2. The lowest BCUT2D eigenvalue weighted by Gasteiger charge is -2.16. The normalized spacial score (nSPS) is 12.2. The van der Waals surface area contributed by atoms with Crippen LogP contribution in [0.15, 0.2) is 77.7 Å². The molecule has 0 bridgehead atoms. The van der Waals surface area contributed by atoms with E-state index in [4.69, 9.17) is 0 Å². The average Bonchev–Trinajstić information content (AvgIpc) is 2.78. The fourth-order valence-electron chi connectivity index (χ4n) is 3.33. The van der Waals surface area contributed by atoms with E-state index in [-0.39, 0.29) is 29.2 Å². The second-order valence-electron chi connectivity index (χ2n) is 7.65. The summed E-state index contributed by atoms with van der Waals surface area (Å²) in [6.45, 7) is 5.45. The van der Waals surface area contributed by atoms with Crippen LogP contribution in [0.1, 0.15) is 57.3 Å². The number of hydrogen-bond donors (Lipinski definition) is 2. The van der Waals surface area contributed by atoms with Gasteiger partial charge in [-0.25, -0.2) is 13.1 Å². The molecule has 3 aromatic rings. The Kier molecular flexibility index (Phi) is 7.22. The van der Waals surface area contributed by atoms with E-state index in [0.717, 1.165) is 16.7 Å². The number of benzene rings is 3. The van der Waals surface area contributed by atoms with Crippen molar-refractivity contribution < 1.29 is 18.0 Å². The van der Waals surface area contributed by atoms with Crippen LogP contribution in [0.2, 0.25) is 0 Å². The molecule has 0 aliphatic carbocycles. The number of ketones is 1. The highest BCUT2D eigenvalue weighted by Crippen LogP contribution is 2.18. The third-order valence-electron chi connectivity index (χ3n) is 5.26. The van der Waals surface area contributed by atoms with E-state index in [9.17, 15) is 18.0 Å². The predicted molar refractivity (Wildman–Crippen MR) is 124 cm³/mol. The van der Waals surface area contributed by atoms with Gasteiger partial charge in [0.05, 0.1) is 10.9 Å². The molecule has 0 saturated carbocycles. The number of carbonyl (C=O) groups excluding carboxylic acids is 2. The molecule has 32 heavy (non-hydrogen) atoms. The lowest BCUT2D eigenvalue weighted by Crippen LogP contribution is -2.27. The van der Waals surface area contributed by atoms with E-state index in [2.05, 4.69) is 10.0 Å². The molecule has 0 aliphatic heterocycles. The summed E-state index contributed by atoms with van der Waals surface area (Å²) >= 11 is 0. The van der Waals surface area contributed by atoms with Crippen molar-refractivity contribution in [3.63, 3.8) is 0 Å². The van der Waals surface area contributed by atoms with Crippen LogP contribution in [0.5, 0.6) is 0 Å². The molecule has 0 fully saturated rings. The zero-order chi connectivity index (χ0) is 23.3. The van der Waals surface area contributed by atoms with Crippen LogP contribution in [0.3, 0.4) is 0 Å². The summed E-state index contributed by atoms with van der Waals surface area (Å²) in [4.78, 5) is 24.0. The predicted octanol–water partition coefficient (Wildman–Crippen LogP) is 4.17. The Bertz CT molecular complexity index is 1220. The van der Waals surface area contributed by atoms with Crippen molar-refractivity contribution in [1.82, 2.24) is 10.0 Å². The van der Waals surface area contributed by atoms with Crippen LogP contribution in [0, 0.1) is 6.92 Å². The molecule has 0 aromatic heterocycles. The summed E-state index contributed by atoms with van der Waals surface area (Å²) in [5.74, 6) is -0.322. The number of Topliss-reactive ketones (excluding diaryl/α,β-unsaturated/α-hetero) is 1. The van der Waals surface area contributed by atoms with Crippen LogP contribution in [0.25, 0.3) is 0 Å². The maximum absolute atomic E-state index is 12.6. The standard InChI is InChI=1S/C25H26N2O4S/c1-17-6-4-5-7-24(17)18(2)27-25(29)22-10-8-20(9-11-22)16-26-32(30,31)23-14-12-21(13-15-23)19(3)28/h4-15,18,26H,16H2,1-3H3,(H,27,29). The van der Waals surface area contributed by atoms with E-state index in [1.165, 1.54) is 31.2 Å². The average molecular weight is 451 g/mol. The van der Waals surface area contributed by atoms with E-state index in [1.54, 1.807) is 24.3 Å². The number of rotatable bonds is 8. The first-order valence-electron chi connectivity index (χ1n) is 10.2. The molecule has 1 unspecified atom stereocenters. The summed E-state index contributed by atoms with van der Waals surface area (Å²) < 4.78 is 27.5. The Morgan fingerprint density at radius 2 is 1.47 bits per heavy atom. The molecule has 0 heterocycles. The highest BCUT2D eigenvalue weighted by atomic mass is 32.2. The van der Waals surface area contributed by atoms with Crippen LogP contribution in [-0.2, 0) is 16.6 Å². The number of amides is 1. The van der Waals surface area contributed by atoms with Gasteiger partial charge in [0, 0.05) is 17.7 Å². The van der Waals surface area contributed by atoms with E-state index >= 15 is 0 Å². The second-order valence-corrected chi connectivity index (χ2v) is 9.42. The third-order valence-corrected chi connectivity index (χ3v) is 6.67. The molecule has 6 nitrogen and oxygen atoms in total. The minimum atomic E-state index is -3.72. The van der Waals surface area contributed by atoms with Crippen LogP contribution < -0.4 is 10.0 Å². The minimum absolute atomic E-state index is 0.0817. The van der Waals surface area contributed by atoms with Gasteiger partial charge >= 0.3 is 0 Å². The smallest absolute Gasteiger partial charge is 0.251 e. The quantitative estimate of drug-likeness (QED) is 0.504. The van der Waals surface area contributed by atoms with E-state index in [1.807, 2.05) is 38.1 Å². The molecule has 1 atom stereocenters.